The SMILES string of the molecule is CSCCC(C)NC(=O)c1csc(C#CCO)c1. The van der Waals surface area contributed by atoms with Crippen molar-refractivity contribution >= 4 is 29.0 Å². The predicted molar refractivity (Wildman–Crippen MR) is 78.2 cm³/mol. The quantitative estimate of drug-likeness (QED) is 0.812. The molecule has 0 aliphatic carbocycles. The van der Waals surface area contributed by atoms with E-state index in [9.17, 15) is 4.79 Å². The monoisotopic (exact) mass is 283 g/mol. The van der Waals surface area contributed by atoms with E-state index in [0.29, 0.717) is 5.56 Å². The Morgan fingerprint density at radius 3 is 3.11 bits per heavy atom. The zero-order valence-electron chi connectivity index (χ0n) is 10.5. The van der Waals surface area contributed by atoms with Crippen LogP contribution in [0.15, 0.2) is 11.4 Å². The van der Waals surface area contributed by atoms with E-state index in [1.54, 1.807) is 23.2 Å². The molecule has 1 aromatic heterocycles. The molecule has 1 atom stereocenters. The highest BCUT2D eigenvalue weighted by Gasteiger charge is 2.10. The number of aliphatic hydroxyl groups is 1. The summed E-state index contributed by atoms with van der Waals surface area (Å²) in [7, 11) is 0. The van der Waals surface area contributed by atoms with Crippen LogP contribution >= 0.6 is 23.1 Å². The van der Waals surface area contributed by atoms with Crippen molar-refractivity contribution in [3.63, 3.8) is 0 Å². The summed E-state index contributed by atoms with van der Waals surface area (Å²) in [6, 6.07) is 1.93. The molecule has 0 spiro atoms. The van der Waals surface area contributed by atoms with Gasteiger partial charge in [0.05, 0.1) is 10.4 Å². The molecule has 1 heterocycles. The number of nitrogens with one attached hydrogen (secondary N) is 1. The third kappa shape index (κ3) is 5.13. The number of aliphatic hydroxyl groups excluding tert-OH is 1. The van der Waals surface area contributed by atoms with Crippen molar-refractivity contribution in [3.05, 3.63) is 21.9 Å². The lowest BCUT2D eigenvalue weighted by molar-refractivity contribution is 0.0940. The molecule has 1 amide bonds. The minimum atomic E-state index is -0.162. The van der Waals surface area contributed by atoms with Crippen LogP contribution in [0.25, 0.3) is 0 Å². The second-order valence-electron chi connectivity index (χ2n) is 3.82. The number of thioether (sulfide) groups is 1. The largest absolute Gasteiger partial charge is 0.384 e. The number of thiophene rings is 1. The van der Waals surface area contributed by atoms with Gasteiger partial charge in [0.25, 0.3) is 5.91 Å². The average Bonchev–Trinajstić information content (AvgIpc) is 2.82. The Labute approximate surface area is 116 Å². The fraction of sp³-hybridized carbons (Fsp3) is 0.462. The third-order valence-corrected chi connectivity index (χ3v) is 3.77. The number of hydrogen-bond acceptors (Lipinski definition) is 4. The van der Waals surface area contributed by atoms with Crippen molar-refractivity contribution in [3.8, 4) is 11.8 Å². The van der Waals surface area contributed by atoms with Gasteiger partial charge < -0.3 is 10.4 Å². The van der Waals surface area contributed by atoms with Crippen molar-refractivity contribution < 1.29 is 9.90 Å². The predicted octanol–water partition coefficient (Wildman–Crippen LogP) is 1.96. The smallest absolute Gasteiger partial charge is 0.252 e. The van der Waals surface area contributed by atoms with Crippen LogP contribution in [-0.4, -0.2) is 35.7 Å². The van der Waals surface area contributed by atoms with E-state index >= 15 is 0 Å². The molecule has 0 aliphatic heterocycles. The summed E-state index contributed by atoms with van der Waals surface area (Å²) in [4.78, 5) is 12.7. The van der Waals surface area contributed by atoms with Crippen molar-refractivity contribution in [2.45, 2.75) is 19.4 Å². The van der Waals surface area contributed by atoms with Gasteiger partial charge in [-0.15, -0.1) is 11.3 Å². The molecule has 1 aromatic rings. The number of hydrogen-bond donors (Lipinski definition) is 2. The lowest BCUT2D eigenvalue weighted by Gasteiger charge is -2.12. The molecule has 0 bridgehead atoms. The van der Waals surface area contributed by atoms with Gasteiger partial charge in [0, 0.05) is 11.4 Å². The Morgan fingerprint density at radius 1 is 1.67 bits per heavy atom. The summed E-state index contributed by atoms with van der Waals surface area (Å²) in [5, 5.41) is 13.3. The number of carbonyl (C=O) groups excluding carboxylic acids is 1. The van der Waals surface area contributed by atoms with Crippen LogP contribution in [0.3, 0.4) is 0 Å². The third-order valence-electron chi connectivity index (χ3n) is 2.28. The van der Waals surface area contributed by atoms with Crippen molar-refractivity contribution in [2.75, 3.05) is 18.6 Å². The van der Waals surface area contributed by atoms with Crippen molar-refractivity contribution in [1.82, 2.24) is 5.32 Å². The molecule has 98 valence electrons. The first-order valence-corrected chi connectivity index (χ1v) is 7.92. The molecule has 0 aromatic carbocycles. The maximum atomic E-state index is 11.9. The second-order valence-corrected chi connectivity index (χ2v) is 5.71. The minimum Gasteiger partial charge on any atom is -0.384 e. The number of carbonyl (C=O) groups is 1. The van der Waals surface area contributed by atoms with E-state index in [-0.39, 0.29) is 18.6 Å². The molecule has 5 heteroatoms. The van der Waals surface area contributed by atoms with Crippen molar-refractivity contribution in [2.24, 2.45) is 0 Å². The standard InChI is InChI=1S/C13H17NO2S2/c1-10(5-7-17-2)14-13(16)11-8-12(18-9-11)4-3-6-15/h8-10,15H,5-7H2,1-2H3,(H,14,16). The Bertz CT molecular complexity index is 445. The van der Waals surface area contributed by atoms with Gasteiger partial charge in [0.1, 0.15) is 6.61 Å². The van der Waals surface area contributed by atoms with Gasteiger partial charge in [0.15, 0.2) is 0 Å². The summed E-state index contributed by atoms with van der Waals surface area (Å²) in [5.74, 6) is 6.34. The zero-order chi connectivity index (χ0) is 13.4. The average molecular weight is 283 g/mol. The highest BCUT2D eigenvalue weighted by molar-refractivity contribution is 7.98. The van der Waals surface area contributed by atoms with Crippen LogP contribution in [0.4, 0.5) is 0 Å². The summed E-state index contributed by atoms with van der Waals surface area (Å²) >= 11 is 3.19. The Kier molecular flexibility index (Phi) is 6.88. The van der Waals surface area contributed by atoms with Crippen LogP contribution in [0.1, 0.15) is 28.6 Å². The van der Waals surface area contributed by atoms with Crippen LogP contribution in [0, 0.1) is 11.8 Å². The Hall–Kier alpha value is -0.960. The van der Waals surface area contributed by atoms with Gasteiger partial charge in [-0.25, -0.2) is 0 Å². The van der Waals surface area contributed by atoms with E-state index in [1.165, 1.54) is 11.3 Å². The van der Waals surface area contributed by atoms with Gasteiger partial charge >= 0.3 is 0 Å². The van der Waals surface area contributed by atoms with E-state index in [1.807, 2.05) is 6.92 Å². The lowest BCUT2D eigenvalue weighted by atomic mass is 10.2. The fourth-order valence-electron chi connectivity index (χ4n) is 1.32. The molecule has 2 N–H and O–H groups in total. The highest BCUT2D eigenvalue weighted by atomic mass is 32.2. The van der Waals surface area contributed by atoms with E-state index < -0.39 is 0 Å². The maximum Gasteiger partial charge on any atom is 0.252 e. The van der Waals surface area contributed by atoms with Gasteiger partial charge in [0.2, 0.25) is 0 Å². The van der Waals surface area contributed by atoms with Crippen LogP contribution in [0.2, 0.25) is 0 Å². The number of amides is 1. The van der Waals surface area contributed by atoms with Crippen LogP contribution < -0.4 is 5.32 Å². The lowest BCUT2D eigenvalue weighted by Crippen LogP contribution is -2.32. The molecule has 0 fully saturated rings. The maximum absolute atomic E-state index is 11.9. The van der Waals surface area contributed by atoms with Crippen LogP contribution in [-0.2, 0) is 0 Å². The topological polar surface area (TPSA) is 49.3 Å². The molecule has 3 nitrogen and oxygen atoms in total. The van der Waals surface area contributed by atoms with E-state index in [2.05, 4.69) is 23.4 Å². The molecule has 0 saturated carbocycles. The Morgan fingerprint density at radius 2 is 2.44 bits per heavy atom. The van der Waals surface area contributed by atoms with Gasteiger partial charge in [-0.05, 0) is 31.4 Å². The molecular weight excluding hydrogens is 266 g/mol. The second kappa shape index (κ2) is 8.20. The first kappa shape index (κ1) is 15.1. The normalized spacial score (nSPS) is 11.5. The summed E-state index contributed by atoms with van der Waals surface area (Å²) < 4.78 is 0. The molecule has 1 rings (SSSR count). The molecule has 1 unspecified atom stereocenters. The molecule has 0 aliphatic rings. The first-order valence-electron chi connectivity index (χ1n) is 5.65. The Balaban J connectivity index is 2.53. The molecule has 18 heavy (non-hydrogen) atoms. The highest BCUT2D eigenvalue weighted by Crippen LogP contribution is 2.13. The van der Waals surface area contributed by atoms with Crippen LogP contribution in [0.5, 0.6) is 0 Å². The summed E-state index contributed by atoms with van der Waals surface area (Å²) in [6.07, 6.45) is 3.02. The van der Waals surface area contributed by atoms with E-state index in [0.717, 1.165) is 17.1 Å². The van der Waals surface area contributed by atoms with Crippen molar-refractivity contribution in [1.29, 1.82) is 0 Å². The minimum absolute atomic E-state index is 0.0584. The molecular formula is C13H17NO2S2. The van der Waals surface area contributed by atoms with Gasteiger partial charge in [-0.1, -0.05) is 11.8 Å². The van der Waals surface area contributed by atoms with Gasteiger partial charge in [-0.3, -0.25) is 4.79 Å². The van der Waals surface area contributed by atoms with Gasteiger partial charge in [-0.2, -0.15) is 11.8 Å². The number of rotatable bonds is 5. The van der Waals surface area contributed by atoms with E-state index in [4.69, 9.17) is 5.11 Å². The zero-order valence-corrected chi connectivity index (χ0v) is 12.2. The molecule has 0 radical (unpaired) electrons. The summed E-state index contributed by atoms with van der Waals surface area (Å²) in [6.45, 7) is 1.85. The molecule has 0 saturated heterocycles. The fourth-order valence-corrected chi connectivity index (χ4v) is 2.67. The summed E-state index contributed by atoms with van der Waals surface area (Å²) in [5.41, 5.74) is 0.637. The first-order chi connectivity index (χ1) is 8.67.